The zero-order valence-corrected chi connectivity index (χ0v) is 10.2. The van der Waals surface area contributed by atoms with Crippen LogP contribution >= 0.6 is 32.9 Å². The summed E-state index contributed by atoms with van der Waals surface area (Å²) in [5.41, 5.74) is 0. The van der Waals surface area contributed by atoms with Crippen LogP contribution in [0.4, 0.5) is 0 Å². The molecule has 0 amide bonds. The monoisotopic (exact) mass is 285 g/mol. The van der Waals surface area contributed by atoms with Crippen molar-refractivity contribution >= 4 is 32.9 Å². The Hall–Kier alpha value is 0.920. The zero-order valence-electron chi connectivity index (χ0n) is 6.89. The number of hydrogen-bond donors (Lipinski definition) is 0. The normalized spacial score (nSPS) is 18.3. The Morgan fingerprint density at radius 3 is 2.27 bits per heavy atom. The van der Waals surface area contributed by atoms with E-state index in [2.05, 4.69) is 20.8 Å². The van der Waals surface area contributed by atoms with Crippen LogP contribution in [0.5, 0.6) is 0 Å². The van der Waals surface area contributed by atoms with Gasteiger partial charge in [-0.2, -0.15) is 0 Å². The summed E-state index contributed by atoms with van der Waals surface area (Å²) in [6, 6.07) is 0. The van der Waals surface area contributed by atoms with Gasteiger partial charge in [-0.25, -0.2) is 0 Å². The molecular weight excluding hydrogens is 270 g/mol. The van der Waals surface area contributed by atoms with Crippen LogP contribution in [0, 0.1) is 0 Å². The molecule has 0 aromatic rings. The van der Waals surface area contributed by atoms with Crippen molar-refractivity contribution < 1.29 is 0 Å². The molecule has 0 aromatic heterocycles. The number of rotatable bonds is 4. The summed E-state index contributed by atoms with van der Waals surface area (Å²) in [5, 5.41) is 1.17. The fraction of sp³-hybridized carbons (Fsp3) is 1.00. The van der Waals surface area contributed by atoms with E-state index >= 15 is 0 Å². The van der Waals surface area contributed by atoms with Gasteiger partial charge in [0.05, 0.1) is 0 Å². The molecule has 1 aliphatic rings. The van der Waals surface area contributed by atoms with E-state index in [1.54, 1.807) is 0 Å². The first-order chi connectivity index (χ1) is 4.93. The molecule has 3 heteroatoms. The molecule has 1 nitrogen and oxygen atoms in total. The van der Waals surface area contributed by atoms with Gasteiger partial charge in [-0.05, 0) is 45.3 Å². The summed E-state index contributed by atoms with van der Waals surface area (Å²) in [5.74, 6) is 0. The van der Waals surface area contributed by atoms with Crippen LogP contribution in [-0.4, -0.2) is 29.9 Å². The molecule has 0 atom stereocenters. The van der Waals surface area contributed by atoms with E-state index < -0.39 is 0 Å². The van der Waals surface area contributed by atoms with Crippen molar-refractivity contribution in [2.45, 2.75) is 25.7 Å². The van der Waals surface area contributed by atoms with E-state index in [4.69, 9.17) is 0 Å². The second kappa shape index (κ2) is 7.56. The quantitative estimate of drug-likeness (QED) is 0.567. The molecule has 0 spiro atoms. The number of nitrogens with zero attached hydrogens (tertiary/aromatic N) is 1. The van der Waals surface area contributed by atoms with E-state index in [1.807, 2.05) is 0 Å². The molecule has 1 saturated heterocycles. The Labute approximate surface area is 88.4 Å². The summed E-state index contributed by atoms with van der Waals surface area (Å²) in [6.07, 6.45) is 5.55. The fourth-order valence-corrected chi connectivity index (χ4v) is 1.83. The predicted molar refractivity (Wildman–Crippen MR) is 59.0 cm³/mol. The molecule has 0 N–H and O–H groups in total. The maximum absolute atomic E-state index is 3.44. The first-order valence-electron chi connectivity index (χ1n) is 4.22. The van der Waals surface area contributed by atoms with Crippen molar-refractivity contribution in [1.82, 2.24) is 4.90 Å². The molecule has 0 bridgehead atoms. The summed E-state index contributed by atoms with van der Waals surface area (Å²) in [6.45, 7) is 4.02. The van der Waals surface area contributed by atoms with Gasteiger partial charge in [0.25, 0.3) is 0 Å². The van der Waals surface area contributed by atoms with E-state index in [9.17, 15) is 0 Å². The van der Waals surface area contributed by atoms with Gasteiger partial charge >= 0.3 is 0 Å². The summed E-state index contributed by atoms with van der Waals surface area (Å²) in [7, 11) is 0. The molecule has 11 heavy (non-hydrogen) atoms. The van der Waals surface area contributed by atoms with E-state index in [0.717, 1.165) is 0 Å². The van der Waals surface area contributed by atoms with Gasteiger partial charge in [0.15, 0.2) is 0 Å². The Morgan fingerprint density at radius 2 is 1.73 bits per heavy atom. The van der Waals surface area contributed by atoms with Crippen LogP contribution in [0.3, 0.4) is 0 Å². The average molecular weight is 287 g/mol. The number of hydrogen-bond acceptors (Lipinski definition) is 1. The molecule has 0 aliphatic carbocycles. The maximum atomic E-state index is 3.44. The maximum Gasteiger partial charge on any atom is 0.00317 e. The highest BCUT2D eigenvalue weighted by Gasteiger charge is 2.09. The molecule has 0 aromatic carbocycles. The Kier molecular flexibility index (Phi) is 8.20. The molecule has 0 radical (unpaired) electrons. The lowest BCUT2D eigenvalue weighted by Crippen LogP contribution is -2.20. The standard InChI is InChI=1S/C8H16BrN.BrH/c9-5-1-2-6-10-7-3-4-8-10;/h1-8H2;1H. The van der Waals surface area contributed by atoms with Crippen LogP contribution in [-0.2, 0) is 0 Å². The van der Waals surface area contributed by atoms with Crippen molar-refractivity contribution in [3.8, 4) is 0 Å². The van der Waals surface area contributed by atoms with Crippen molar-refractivity contribution in [3.63, 3.8) is 0 Å². The van der Waals surface area contributed by atoms with Gasteiger partial charge in [0.2, 0.25) is 0 Å². The molecule has 68 valence electrons. The molecule has 1 fully saturated rings. The number of likely N-dealkylation sites (tertiary alicyclic amines) is 1. The highest BCUT2D eigenvalue weighted by atomic mass is 79.9. The first-order valence-corrected chi connectivity index (χ1v) is 5.34. The van der Waals surface area contributed by atoms with Gasteiger partial charge in [0.1, 0.15) is 0 Å². The number of unbranched alkanes of at least 4 members (excludes halogenated alkanes) is 1. The highest BCUT2D eigenvalue weighted by molar-refractivity contribution is 9.09. The zero-order chi connectivity index (χ0) is 7.23. The van der Waals surface area contributed by atoms with Crippen molar-refractivity contribution in [2.24, 2.45) is 0 Å². The molecule has 1 rings (SSSR count). The second-order valence-corrected chi connectivity index (χ2v) is 3.74. The van der Waals surface area contributed by atoms with Gasteiger partial charge in [-0.3, -0.25) is 0 Å². The lowest BCUT2D eigenvalue weighted by molar-refractivity contribution is 0.333. The van der Waals surface area contributed by atoms with Crippen LogP contribution in [0.1, 0.15) is 25.7 Å². The minimum Gasteiger partial charge on any atom is -0.303 e. The molecule has 1 aliphatic heterocycles. The Balaban J connectivity index is 0.000001000. The van der Waals surface area contributed by atoms with Crippen molar-refractivity contribution in [2.75, 3.05) is 25.0 Å². The summed E-state index contributed by atoms with van der Waals surface area (Å²) < 4.78 is 0. The lowest BCUT2D eigenvalue weighted by Gasteiger charge is -2.12. The second-order valence-electron chi connectivity index (χ2n) is 2.94. The highest BCUT2D eigenvalue weighted by Crippen LogP contribution is 2.08. The SMILES string of the molecule is Br.BrCCCCN1CCCC1. The largest absolute Gasteiger partial charge is 0.303 e. The summed E-state index contributed by atoms with van der Waals surface area (Å²) >= 11 is 3.44. The van der Waals surface area contributed by atoms with Gasteiger partial charge in [-0.1, -0.05) is 15.9 Å². The summed E-state index contributed by atoms with van der Waals surface area (Å²) in [4.78, 5) is 2.57. The predicted octanol–water partition coefficient (Wildman–Crippen LogP) is 2.84. The van der Waals surface area contributed by atoms with E-state index in [1.165, 1.54) is 50.6 Å². The third-order valence-corrected chi connectivity index (χ3v) is 2.62. The van der Waals surface area contributed by atoms with Gasteiger partial charge in [-0.15, -0.1) is 17.0 Å². The van der Waals surface area contributed by atoms with Gasteiger partial charge < -0.3 is 4.90 Å². The topological polar surface area (TPSA) is 3.24 Å². The van der Waals surface area contributed by atoms with E-state index in [0.29, 0.717) is 0 Å². The minimum atomic E-state index is 0. The van der Waals surface area contributed by atoms with Crippen LogP contribution < -0.4 is 0 Å². The molecule has 0 saturated carbocycles. The Bertz CT molecular complexity index is 82.2. The molecular formula is C8H17Br2N. The van der Waals surface area contributed by atoms with Crippen LogP contribution in [0.2, 0.25) is 0 Å². The van der Waals surface area contributed by atoms with E-state index in [-0.39, 0.29) is 17.0 Å². The minimum absolute atomic E-state index is 0. The molecule has 1 heterocycles. The average Bonchev–Trinajstić information content (AvgIpc) is 2.41. The molecule has 0 unspecified atom stereocenters. The fourth-order valence-electron chi connectivity index (χ4n) is 1.44. The number of alkyl halides is 1. The van der Waals surface area contributed by atoms with Crippen molar-refractivity contribution in [1.29, 1.82) is 0 Å². The Morgan fingerprint density at radius 1 is 1.09 bits per heavy atom. The third kappa shape index (κ3) is 5.21. The van der Waals surface area contributed by atoms with Crippen LogP contribution in [0.25, 0.3) is 0 Å². The smallest absolute Gasteiger partial charge is 0.00317 e. The van der Waals surface area contributed by atoms with Crippen molar-refractivity contribution in [3.05, 3.63) is 0 Å². The first kappa shape index (κ1) is 11.9. The third-order valence-electron chi connectivity index (χ3n) is 2.06. The lowest BCUT2D eigenvalue weighted by atomic mass is 10.3. The van der Waals surface area contributed by atoms with Gasteiger partial charge in [0, 0.05) is 5.33 Å². The van der Waals surface area contributed by atoms with Crippen LogP contribution in [0.15, 0.2) is 0 Å². The number of halogens is 2.